The number of amides is 1. The Bertz CT molecular complexity index is 504. The van der Waals surface area contributed by atoms with Gasteiger partial charge in [0.15, 0.2) is 0 Å². The number of esters is 1. The standard InChI is InChI=1S/C12H13BrN2O3/c1-18-12(17)9-5-8(2-3-10(9)13)15-6-7(14)4-11(15)16/h2-3,5,7H,4,6,14H2,1H3. The van der Waals surface area contributed by atoms with Gasteiger partial charge in [-0.25, -0.2) is 4.79 Å². The normalized spacial score (nSPS) is 19.2. The number of benzene rings is 1. The van der Waals surface area contributed by atoms with Crippen molar-refractivity contribution in [3.63, 3.8) is 0 Å². The Kier molecular flexibility index (Phi) is 3.68. The summed E-state index contributed by atoms with van der Waals surface area (Å²) in [6, 6.07) is 4.97. The van der Waals surface area contributed by atoms with Crippen LogP contribution in [0.5, 0.6) is 0 Å². The monoisotopic (exact) mass is 312 g/mol. The highest BCUT2D eigenvalue weighted by Crippen LogP contribution is 2.27. The van der Waals surface area contributed by atoms with Crippen molar-refractivity contribution in [2.45, 2.75) is 12.5 Å². The van der Waals surface area contributed by atoms with E-state index in [2.05, 4.69) is 20.7 Å². The lowest BCUT2D eigenvalue weighted by Gasteiger charge is -2.17. The molecule has 1 fully saturated rings. The molecule has 0 bridgehead atoms. The number of methoxy groups -OCH3 is 1. The third kappa shape index (κ3) is 2.39. The fraction of sp³-hybridized carbons (Fsp3) is 0.333. The summed E-state index contributed by atoms with van der Waals surface area (Å²) >= 11 is 3.28. The van der Waals surface area contributed by atoms with Crippen molar-refractivity contribution >= 4 is 33.5 Å². The summed E-state index contributed by atoms with van der Waals surface area (Å²) in [5.74, 6) is -0.472. The molecule has 96 valence electrons. The molecule has 1 aromatic carbocycles. The van der Waals surface area contributed by atoms with Crippen LogP contribution in [0.2, 0.25) is 0 Å². The predicted octanol–water partition coefficient (Wildman–Crippen LogP) is 1.30. The van der Waals surface area contributed by atoms with Crippen LogP contribution in [0.15, 0.2) is 22.7 Å². The Labute approximate surface area is 113 Å². The van der Waals surface area contributed by atoms with E-state index in [9.17, 15) is 9.59 Å². The molecule has 1 aliphatic heterocycles. The van der Waals surface area contributed by atoms with Crippen molar-refractivity contribution in [3.05, 3.63) is 28.2 Å². The summed E-state index contributed by atoms with van der Waals surface area (Å²) in [6.07, 6.45) is 0.337. The Hall–Kier alpha value is -1.40. The molecule has 0 radical (unpaired) electrons. The molecule has 2 N–H and O–H groups in total. The molecule has 6 heteroatoms. The number of carbonyl (C=O) groups excluding carboxylic acids is 2. The van der Waals surface area contributed by atoms with Crippen molar-refractivity contribution in [1.29, 1.82) is 0 Å². The SMILES string of the molecule is COC(=O)c1cc(N2CC(N)CC2=O)ccc1Br. The second-order valence-corrected chi connectivity index (χ2v) is 4.98. The first-order valence-electron chi connectivity index (χ1n) is 5.46. The van der Waals surface area contributed by atoms with Gasteiger partial charge in [-0.2, -0.15) is 0 Å². The number of rotatable bonds is 2. The maximum atomic E-state index is 11.7. The van der Waals surface area contributed by atoms with E-state index >= 15 is 0 Å². The first-order valence-corrected chi connectivity index (χ1v) is 6.26. The van der Waals surface area contributed by atoms with E-state index in [4.69, 9.17) is 5.73 Å². The average Bonchev–Trinajstić information content (AvgIpc) is 2.68. The molecule has 1 saturated heterocycles. The highest BCUT2D eigenvalue weighted by Gasteiger charge is 2.28. The summed E-state index contributed by atoms with van der Waals surface area (Å²) in [4.78, 5) is 24.9. The van der Waals surface area contributed by atoms with Crippen LogP contribution in [0.3, 0.4) is 0 Å². The quantitative estimate of drug-likeness (QED) is 0.835. The van der Waals surface area contributed by atoms with Crippen LogP contribution < -0.4 is 10.6 Å². The molecule has 1 amide bonds. The van der Waals surface area contributed by atoms with Gasteiger partial charge in [-0.3, -0.25) is 4.79 Å². The van der Waals surface area contributed by atoms with Crippen LogP contribution in [0, 0.1) is 0 Å². The van der Waals surface area contributed by atoms with Gasteiger partial charge in [0.2, 0.25) is 5.91 Å². The van der Waals surface area contributed by atoms with Gasteiger partial charge < -0.3 is 15.4 Å². The number of hydrogen-bond acceptors (Lipinski definition) is 4. The molecule has 1 unspecified atom stereocenters. The van der Waals surface area contributed by atoms with E-state index in [1.165, 1.54) is 7.11 Å². The van der Waals surface area contributed by atoms with Gasteiger partial charge in [0.1, 0.15) is 0 Å². The molecular formula is C12H13BrN2O3. The number of halogens is 1. The maximum absolute atomic E-state index is 11.7. The van der Waals surface area contributed by atoms with Crippen LogP contribution in [-0.4, -0.2) is 31.6 Å². The topological polar surface area (TPSA) is 72.6 Å². The molecule has 1 aromatic rings. The Morgan fingerprint density at radius 1 is 1.56 bits per heavy atom. The fourth-order valence-corrected chi connectivity index (χ4v) is 2.34. The van der Waals surface area contributed by atoms with Gasteiger partial charge in [-0.05, 0) is 34.1 Å². The first kappa shape index (κ1) is 13.0. The van der Waals surface area contributed by atoms with Gasteiger partial charge in [0.25, 0.3) is 0 Å². The van der Waals surface area contributed by atoms with E-state index in [1.54, 1.807) is 23.1 Å². The van der Waals surface area contributed by atoms with E-state index in [0.717, 1.165) is 0 Å². The van der Waals surface area contributed by atoms with Crippen LogP contribution >= 0.6 is 15.9 Å². The Morgan fingerprint density at radius 2 is 2.28 bits per heavy atom. The second-order valence-electron chi connectivity index (χ2n) is 4.12. The number of carbonyl (C=O) groups is 2. The number of nitrogens with two attached hydrogens (primary N) is 1. The third-order valence-electron chi connectivity index (χ3n) is 2.82. The molecule has 1 atom stereocenters. The average molecular weight is 313 g/mol. The minimum atomic E-state index is -0.445. The molecule has 1 aliphatic rings. The summed E-state index contributed by atoms with van der Waals surface area (Å²) in [5.41, 5.74) is 6.80. The second kappa shape index (κ2) is 5.07. The van der Waals surface area contributed by atoms with Gasteiger partial charge >= 0.3 is 5.97 Å². The minimum Gasteiger partial charge on any atom is -0.465 e. The highest BCUT2D eigenvalue weighted by atomic mass is 79.9. The van der Waals surface area contributed by atoms with Crippen molar-refractivity contribution in [2.24, 2.45) is 5.73 Å². The largest absolute Gasteiger partial charge is 0.465 e. The molecule has 1 heterocycles. The molecule has 5 nitrogen and oxygen atoms in total. The Balaban J connectivity index is 2.35. The maximum Gasteiger partial charge on any atom is 0.339 e. The molecule has 0 aromatic heterocycles. The van der Waals surface area contributed by atoms with E-state index in [-0.39, 0.29) is 11.9 Å². The van der Waals surface area contributed by atoms with E-state index in [0.29, 0.717) is 28.7 Å². The minimum absolute atomic E-state index is 0.0272. The molecule has 0 saturated carbocycles. The van der Waals surface area contributed by atoms with Crippen LogP contribution in [0.1, 0.15) is 16.8 Å². The van der Waals surface area contributed by atoms with Gasteiger partial charge in [0, 0.05) is 29.2 Å². The lowest BCUT2D eigenvalue weighted by molar-refractivity contribution is -0.117. The fourth-order valence-electron chi connectivity index (χ4n) is 1.93. The summed E-state index contributed by atoms with van der Waals surface area (Å²) < 4.78 is 5.32. The predicted molar refractivity (Wildman–Crippen MR) is 70.4 cm³/mol. The van der Waals surface area contributed by atoms with Crippen molar-refractivity contribution in [2.75, 3.05) is 18.6 Å². The molecular weight excluding hydrogens is 300 g/mol. The molecule has 0 spiro atoms. The van der Waals surface area contributed by atoms with Crippen LogP contribution in [-0.2, 0) is 9.53 Å². The number of hydrogen-bond donors (Lipinski definition) is 1. The lowest BCUT2D eigenvalue weighted by atomic mass is 10.2. The zero-order valence-corrected chi connectivity index (χ0v) is 11.4. The zero-order valence-electron chi connectivity index (χ0n) is 9.85. The van der Waals surface area contributed by atoms with Gasteiger partial charge in [0.05, 0.1) is 12.7 Å². The number of ether oxygens (including phenoxy) is 1. The van der Waals surface area contributed by atoms with E-state index in [1.807, 2.05) is 0 Å². The first-order chi connectivity index (χ1) is 8.52. The number of anilines is 1. The van der Waals surface area contributed by atoms with Crippen molar-refractivity contribution < 1.29 is 14.3 Å². The Morgan fingerprint density at radius 3 is 2.83 bits per heavy atom. The van der Waals surface area contributed by atoms with Crippen LogP contribution in [0.25, 0.3) is 0 Å². The zero-order chi connectivity index (χ0) is 13.3. The van der Waals surface area contributed by atoms with Gasteiger partial charge in [-0.1, -0.05) is 0 Å². The molecule has 0 aliphatic carbocycles. The third-order valence-corrected chi connectivity index (χ3v) is 3.51. The van der Waals surface area contributed by atoms with Crippen LogP contribution in [0.4, 0.5) is 5.69 Å². The van der Waals surface area contributed by atoms with Crippen molar-refractivity contribution in [3.8, 4) is 0 Å². The summed E-state index contributed by atoms with van der Waals surface area (Å²) in [5, 5.41) is 0. The highest BCUT2D eigenvalue weighted by molar-refractivity contribution is 9.10. The molecule has 2 rings (SSSR count). The smallest absolute Gasteiger partial charge is 0.339 e. The summed E-state index contributed by atoms with van der Waals surface area (Å²) in [6.45, 7) is 0.473. The van der Waals surface area contributed by atoms with E-state index < -0.39 is 5.97 Å². The van der Waals surface area contributed by atoms with Crippen molar-refractivity contribution in [1.82, 2.24) is 0 Å². The molecule has 18 heavy (non-hydrogen) atoms. The summed E-state index contributed by atoms with van der Waals surface area (Å²) in [7, 11) is 1.32. The van der Waals surface area contributed by atoms with Gasteiger partial charge in [-0.15, -0.1) is 0 Å². The lowest BCUT2D eigenvalue weighted by Crippen LogP contribution is -2.28. The number of nitrogens with zero attached hydrogens (tertiary/aromatic N) is 1.